The van der Waals surface area contributed by atoms with E-state index in [0.29, 0.717) is 26.0 Å². The van der Waals surface area contributed by atoms with E-state index >= 15 is 0 Å². The molecule has 1 aliphatic heterocycles. The first kappa shape index (κ1) is 10.4. The van der Waals surface area contributed by atoms with Crippen LogP contribution in [0.2, 0.25) is 0 Å². The van der Waals surface area contributed by atoms with Crippen LogP contribution in [0.5, 0.6) is 0 Å². The number of carboxylic acids is 1. The van der Waals surface area contributed by atoms with Gasteiger partial charge in [0.1, 0.15) is 0 Å². The highest BCUT2D eigenvalue weighted by Gasteiger charge is 2.40. The number of nitrogens with zero attached hydrogens (tertiary/aromatic N) is 1. The number of carbonyl (C=O) groups excluding carboxylic acids is 1. The molecule has 0 aromatic heterocycles. The molecule has 84 valence electrons. The summed E-state index contributed by atoms with van der Waals surface area (Å²) in [6.07, 6.45) is 2.95. The first-order chi connectivity index (χ1) is 7.20. The third kappa shape index (κ3) is 1.97. The summed E-state index contributed by atoms with van der Waals surface area (Å²) in [5.41, 5.74) is 0. The highest BCUT2D eigenvalue weighted by atomic mass is 16.7. The minimum Gasteiger partial charge on any atom is -0.481 e. The van der Waals surface area contributed by atoms with E-state index in [-0.39, 0.29) is 11.8 Å². The van der Waals surface area contributed by atoms with Crippen LogP contribution in [0.25, 0.3) is 0 Å². The first-order valence-corrected chi connectivity index (χ1v) is 5.37. The van der Waals surface area contributed by atoms with Gasteiger partial charge in [-0.05, 0) is 19.3 Å². The number of hydrogen-bond donors (Lipinski definition) is 1. The van der Waals surface area contributed by atoms with Gasteiger partial charge in [0, 0.05) is 0 Å². The van der Waals surface area contributed by atoms with Gasteiger partial charge >= 0.3 is 5.97 Å². The van der Waals surface area contributed by atoms with E-state index in [4.69, 9.17) is 9.94 Å². The molecule has 1 N–H and O–H groups in total. The Labute approximate surface area is 88.0 Å². The number of amides is 1. The van der Waals surface area contributed by atoms with E-state index in [1.165, 1.54) is 5.06 Å². The fourth-order valence-corrected chi connectivity index (χ4v) is 2.36. The fraction of sp³-hybridized carbons (Fsp3) is 0.800. The van der Waals surface area contributed by atoms with Crippen molar-refractivity contribution in [1.82, 2.24) is 5.06 Å². The monoisotopic (exact) mass is 213 g/mol. The molecule has 2 aliphatic rings. The highest BCUT2D eigenvalue weighted by Crippen LogP contribution is 2.33. The quantitative estimate of drug-likeness (QED) is 0.731. The van der Waals surface area contributed by atoms with E-state index < -0.39 is 11.9 Å². The summed E-state index contributed by atoms with van der Waals surface area (Å²) in [5, 5.41) is 10.3. The predicted octanol–water partition coefficient (Wildman–Crippen LogP) is 0.651. The van der Waals surface area contributed by atoms with Crippen LogP contribution < -0.4 is 0 Å². The molecule has 15 heavy (non-hydrogen) atoms. The van der Waals surface area contributed by atoms with Gasteiger partial charge in [-0.2, -0.15) is 0 Å². The first-order valence-electron chi connectivity index (χ1n) is 5.37. The van der Waals surface area contributed by atoms with Gasteiger partial charge < -0.3 is 5.11 Å². The summed E-state index contributed by atoms with van der Waals surface area (Å²) in [6, 6.07) is 0. The van der Waals surface area contributed by atoms with Crippen LogP contribution in [0, 0.1) is 11.8 Å². The van der Waals surface area contributed by atoms with Crippen molar-refractivity contribution in [2.45, 2.75) is 25.7 Å². The maximum atomic E-state index is 11.9. The van der Waals surface area contributed by atoms with Crippen molar-refractivity contribution in [3.05, 3.63) is 0 Å². The molecule has 2 rings (SSSR count). The highest BCUT2D eigenvalue weighted by molar-refractivity contribution is 5.84. The second-order valence-corrected chi connectivity index (χ2v) is 4.11. The van der Waals surface area contributed by atoms with E-state index in [0.717, 1.165) is 12.8 Å². The van der Waals surface area contributed by atoms with Crippen molar-refractivity contribution in [2.75, 3.05) is 13.2 Å². The lowest BCUT2D eigenvalue weighted by Crippen LogP contribution is -2.36. The molecule has 2 fully saturated rings. The van der Waals surface area contributed by atoms with E-state index in [2.05, 4.69) is 0 Å². The smallest absolute Gasteiger partial charge is 0.307 e. The molecule has 5 heteroatoms. The Morgan fingerprint density at radius 3 is 2.53 bits per heavy atom. The van der Waals surface area contributed by atoms with Crippen molar-refractivity contribution in [2.24, 2.45) is 11.8 Å². The Balaban J connectivity index is 2.02. The number of aliphatic carboxylic acids is 1. The zero-order valence-corrected chi connectivity index (χ0v) is 8.52. The van der Waals surface area contributed by atoms with Crippen LogP contribution >= 0.6 is 0 Å². The molecular weight excluding hydrogens is 198 g/mol. The Bertz CT molecular complexity index is 273. The largest absolute Gasteiger partial charge is 0.481 e. The molecule has 1 saturated heterocycles. The zero-order valence-electron chi connectivity index (χ0n) is 8.52. The predicted molar refractivity (Wildman–Crippen MR) is 50.7 cm³/mol. The average molecular weight is 213 g/mol. The molecule has 0 aromatic carbocycles. The van der Waals surface area contributed by atoms with Gasteiger partial charge in [-0.1, -0.05) is 6.42 Å². The van der Waals surface area contributed by atoms with Gasteiger partial charge in [-0.25, -0.2) is 5.06 Å². The zero-order chi connectivity index (χ0) is 10.8. The van der Waals surface area contributed by atoms with Crippen molar-refractivity contribution >= 4 is 11.9 Å². The maximum Gasteiger partial charge on any atom is 0.307 e. The lowest BCUT2D eigenvalue weighted by Gasteiger charge is -2.21. The van der Waals surface area contributed by atoms with Crippen LogP contribution in [-0.4, -0.2) is 35.2 Å². The lowest BCUT2D eigenvalue weighted by atomic mass is 9.95. The molecule has 0 radical (unpaired) electrons. The molecule has 1 saturated carbocycles. The third-order valence-corrected chi connectivity index (χ3v) is 3.15. The summed E-state index contributed by atoms with van der Waals surface area (Å²) in [6.45, 7) is 1.16. The second-order valence-electron chi connectivity index (χ2n) is 4.11. The minimum atomic E-state index is -0.856. The topological polar surface area (TPSA) is 66.8 Å². The van der Waals surface area contributed by atoms with Gasteiger partial charge in [0.15, 0.2) is 0 Å². The van der Waals surface area contributed by atoms with Crippen LogP contribution in [0.1, 0.15) is 25.7 Å². The molecule has 0 unspecified atom stereocenters. The van der Waals surface area contributed by atoms with Gasteiger partial charge in [0.05, 0.1) is 25.0 Å². The lowest BCUT2D eigenvalue weighted by molar-refractivity contribution is -0.176. The SMILES string of the molecule is O=C(O)[C@H]1CCC[C@H]1C(=O)N1CCCO1. The molecule has 1 heterocycles. The summed E-state index contributed by atoms with van der Waals surface area (Å²) in [4.78, 5) is 28.0. The second kappa shape index (κ2) is 4.18. The van der Waals surface area contributed by atoms with Crippen LogP contribution in [0.3, 0.4) is 0 Å². The molecule has 1 aliphatic carbocycles. The number of hydroxylamine groups is 2. The number of carbonyl (C=O) groups is 2. The molecule has 0 spiro atoms. The number of carboxylic acid groups (broad SMARTS) is 1. The summed E-state index contributed by atoms with van der Waals surface area (Å²) < 4.78 is 0. The van der Waals surface area contributed by atoms with Gasteiger partial charge in [0.25, 0.3) is 0 Å². The van der Waals surface area contributed by atoms with E-state index in [1.54, 1.807) is 0 Å². The van der Waals surface area contributed by atoms with Gasteiger partial charge in [0.2, 0.25) is 5.91 Å². The van der Waals surface area contributed by atoms with E-state index in [9.17, 15) is 9.59 Å². The van der Waals surface area contributed by atoms with Crippen molar-refractivity contribution in [3.8, 4) is 0 Å². The van der Waals surface area contributed by atoms with E-state index in [1.807, 2.05) is 0 Å². The third-order valence-electron chi connectivity index (χ3n) is 3.15. The van der Waals surface area contributed by atoms with Crippen LogP contribution in [-0.2, 0) is 14.4 Å². The summed E-state index contributed by atoms with van der Waals surface area (Å²) in [7, 11) is 0. The van der Waals surface area contributed by atoms with Crippen molar-refractivity contribution < 1.29 is 19.5 Å². The Kier molecular flexibility index (Phi) is 2.90. The maximum absolute atomic E-state index is 11.9. The average Bonchev–Trinajstić information content (AvgIpc) is 2.88. The number of hydrogen-bond acceptors (Lipinski definition) is 3. The van der Waals surface area contributed by atoms with Crippen LogP contribution in [0.15, 0.2) is 0 Å². The van der Waals surface area contributed by atoms with Crippen LogP contribution in [0.4, 0.5) is 0 Å². The van der Waals surface area contributed by atoms with Crippen molar-refractivity contribution in [3.63, 3.8) is 0 Å². The molecule has 0 bridgehead atoms. The summed E-state index contributed by atoms with van der Waals surface area (Å²) >= 11 is 0. The molecule has 1 amide bonds. The normalized spacial score (nSPS) is 30.8. The van der Waals surface area contributed by atoms with Crippen molar-refractivity contribution in [1.29, 1.82) is 0 Å². The molecule has 2 atom stereocenters. The van der Waals surface area contributed by atoms with Gasteiger partial charge in [-0.3, -0.25) is 14.4 Å². The van der Waals surface area contributed by atoms with Gasteiger partial charge in [-0.15, -0.1) is 0 Å². The summed E-state index contributed by atoms with van der Waals surface area (Å²) in [5.74, 6) is -1.88. The Hall–Kier alpha value is -1.10. The Morgan fingerprint density at radius 2 is 1.93 bits per heavy atom. The molecular formula is C10H15NO4. The Morgan fingerprint density at radius 1 is 1.20 bits per heavy atom. The minimum absolute atomic E-state index is 0.141. The fourth-order valence-electron chi connectivity index (χ4n) is 2.36. The number of rotatable bonds is 2. The standard InChI is InChI=1S/C10H15NO4/c12-9(11-5-2-6-15-11)7-3-1-4-8(7)10(13)14/h7-8H,1-6H2,(H,13,14)/t7-,8+/m1/s1. The molecule has 5 nitrogen and oxygen atoms in total. The molecule has 0 aromatic rings.